The van der Waals surface area contributed by atoms with Crippen molar-refractivity contribution in [2.45, 2.75) is 33.7 Å². The number of carbonyl (C=O) groups excluding carboxylic acids is 1. The number of amides is 1. The number of hydrogen-bond donors (Lipinski definition) is 0. The summed E-state index contributed by atoms with van der Waals surface area (Å²) in [6, 6.07) is 10.1. The van der Waals surface area contributed by atoms with Crippen LogP contribution in [0.15, 0.2) is 41.1 Å². The van der Waals surface area contributed by atoms with Crippen LogP contribution in [0.1, 0.15) is 40.0 Å². The second kappa shape index (κ2) is 8.21. The van der Waals surface area contributed by atoms with Crippen LogP contribution in [0, 0.1) is 13.8 Å². The van der Waals surface area contributed by atoms with Gasteiger partial charge in [0.1, 0.15) is 5.76 Å². The highest BCUT2D eigenvalue weighted by molar-refractivity contribution is 5.95. The number of aromatic nitrogens is 3. The van der Waals surface area contributed by atoms with Gasteiger partial charge in [-0.3, -0.25) is 9.69 Å². The van der Waals surface area contributed by atoms with E-state index in [-0.39, 0.29) is 5.91 Å². The number of aryl methyl sites for hydroxylation is 2. The Balaban J connectivity index is 1.46. The van der Waals surface area contributed by atoms with E-state index in [1.54, 1.807) is 6.20 Å². The van der Waals surface area contributed by atoms with Crippen LogP contribution in [0.4, 0.5) is 0 Å². The second-order valence-corrected chi connectivity index (χ2v) is 7.55. The second-order valence-electron chi connectivity index (χ2n) is 7.55. The minimum Gasteiger partial charge on any atom is -0.361 e. The number of nitrogens with zero attached hydrogens (tertiary/aromatic N) is 5. The number of piperazine rings is 1. The topological polar surface area (TPSA) is 67.4 Å². The van der Waals surface area contributed by atoms with E-state index in [4.69, 9.17) is 4.52 Å². The molecule has 1 amide bonds. The standard InChI is InChI=1S/C22H27N5O2/c1-4-20-19(14-23-27(20)21-8-6-5-7-16(21)2)22(28)26-11-9-25(10-12-26)15-18-13-17(3)29-24-18/h5-8,13-14H,4,9-12,15H2,1-3H3. The molecule has 7 heteroatoms. The maximum absolute atomic E-state index is 13.2. The molecule has 1 aromatic carbocycles. The molecular formula is C22H27N5O2. The summed E-state index contributed by atoms with van der Waals surface area (Å²) in [5.41, 5.74) is 4.77. The summed E-state index contributed by atoms with van der Waals surface area (Å²) in [4.78, 5) is 17.4. The van der Waals surface area contributed by atoms with Gasteiger partial charge >= 0.3 is 0 Å². The lowest BCUT2D eigenvalue weighted by atomic mass is 10.1. The summed E-state index contributed by atoms with van der Waals surface area (Å²) in [6.45, 7) is 9.84. The van der Waals surface area contributed by atoms with Gasteiger partial charge in [-0.05, 0) is 31.9 Å². The first-order valence-electron chi connectivity index (χ1n) is 10.1. The third kappa shape index (κ3) is 3.96. The average Bonchev–Trinajstić information content (AvgIpc) is 3.34. The normalized spacial score (nSPS) is 15.1. The molecular weight excluding hydrogens is 366 g/mol. The fraction of sp³-hybridized carbons (Fsp3) is 0.409. The Kier molecular flexibility index (Phi) is 5.49. The number of hydrogen-bond acceptors (Lipinski definition) is 5. The molecule has 0 N–H and O–H groups in total. The lowest BCUT2D eigenvalue weighted by Crippen LogP contribution is -2.48. The average molecular weight is 393 g/mol. The van der Waals surface area contributed by atoms with Crippen molar-refractivity contribution in [1.29, 1.82) is 0 Å². The summed E-state index contributed by atoms with van der Waals surface area (Å²) in [7, 11) is 0. The van der Waals surface area contributed by atoms with Gasteiger partial charge < -0.3 is 9.42 Å². The molecule has 2 aromatic heterocycles. The molecule has 1 fully saturated rings. The zero-order chi connectivity index (χ0) is 20.4. The van der Waals surface area contributed by atoms with E-state index in [2.05, 4.69) is 35.1 Å². The molecule has 1 saturated heterocycles. The Hall–Kier alpha value is -2.93. The van der Waals surface area contributed by atoms with Gasteiger partial charge in [0.2, 0.25) is 0 Å². The van der Waals surface area contributed by atoms with Crippen LogP contribution >= 0.6 is 0 Å². The first kappa shape index (κ1) is 19.4. The third-order valence-corrected chi connectivity index (χ3v) is 5.50. The molecule has 4 rings (SSSR count). The van der Waals surface area contributed by atoms with Crippen molar-refractivity contribution in [2.24, 2.45) is 0 Å². The van der Waals surface area contributed by atoms with Crippen LogP contribution in [-0.2, 0) is 13.0 Å². The van der Waals surface area contributed by atoms with Gasteiger partial charge in [0.05, 0.1) is 28.8 Å². The van der Waals surface area contributed by atoms with Crippen molar-refractivity contribution in [2.75, 3.05) is 26.2 Å². The van der Waals surface area contributed by atoms with Gasteiger partial charge in [0.15, 0.2) is 0 Å². The molecule has 0 unspecified atom stereocenters. The largest absolute Gasteiger partial charge is 0.361 e. The van der Waals surface area contributed by atoms with E-state index in [9.17, 15) is 4.79 Å². The SMILES string of the molecule is CCc1c(C(=O)N2CCN(Cc3cc(C)on3)CC2)cnn1-c1ccccc1C. The van der Waals surface area contributed by atoms with Crippen LogP contribution in [0.5, 0.6) is 0 Å². The van der Waals surface area contributed by atoms with Crippen molar-refractivity contribution >= 4 is 5.91 Å². The summed E-state index contributed by atoms with van der Waals surface area (Å²) in [6.07, 6.45) is 2.47. The highest BCUT2D eigenvalue weighted by Gasteiger charge is 2.26. The fourth-order valence-corrected chi connectivity index (χ4v) is 3.90. The van der Waals surface area contributed by atoms with E-state index < -0.39 is 0 Å². The number of rotatable bonds is 5. The molecule has 0 aliphatic carbocycles. The summed E-state index contributed by atoms with van der Waals surface area (Å²) >= 11 is 0. The molecule has 0 radical (unpaired) electrons. The van der Waals surface area contributed by atoms with Crippen molar-refractivity contribution in [3.05, 3.63) is 64.8 Å². The maximum Gasteiger partial charge on any atom is 0.257 e. The first-order valence-corrected chi connectivity index (χ1v) is 10.1. The van der Waals surface area contributed by atoms with E-state index in [0.29, 0.717) is 18.7 Å². The van der Waals surface area contributed by atoms with Crippen molar-refractivity contribution in [3.63, 3.8) is 0 Å². The molecule has 0 saturated carbocycles. The molecule has 0 atom stereocenters. The van der Waals surface area contributed by atoms with Crippen LogP contribution in [-0.4, -0.2) is 56.8 Å². The van der Waals surface area contributed by atoms with Crippen molar-refractivity contribution < 1.29 is 9.32 Å². The Morgan fingerprint density at radius 2 is 1.90 bits per heavy atom. The van der Waals surface area contributed by atoms with Crippen molar-refractivity contribution in [1.82, 2.24) is 24.7 Å². The number of para-hydroxylation sites is 1. The van der Waals surface area contributed by atoms with E-state index >= 15 is 0 Å². The lowest BCUT2D eigenvalue weighted by molar-refractivity contribution is 0.0624. The highest BCUT2D eigenvalue weighted by atomic mass is 16.5. The van der Waals surface area contributed by atoms with Gasteiger partial charge in [-0.1, -0.05) is 30.3 Å². The molecule has 1 aliphatic rings. The molecule has 29 heavy (non-hydrogen) atoms. The van der Waals surface area contributed by atoms with E-state index in [1.807, 2.05) is 40.8 Å². The van der Waals surface area contributed by atoms with E-state index in [1.165, 1.54) is 0 Å². The van der Waals surface area contributed by atoms with Crippen LogP contribution < -0.4 is 0 Å². The van der Waals surface area contributed by atoms with Crippen LogP contribution in [0.25, 0.3) is 5.69 Å². The molecule has 0 spiro atoms. The van der Waals surface area contributed by atoms with Gasteiger partial charge in [-0.15, -0.1) is 0 Å². The van der Waals surface area contributed by atoms with E-state index in [0.717, 1.165) is 54.5 Å². The third-order valence-electron chi connectivity index (χ3n) is 5.50. The molecule has 7 nitrogen and oxygen atoms in total. The zero-order valence-electron chi connectivity index (χ0n) is 17.3. The minimum absolute atomic E-state index is 0.0682. The molecule has 152 valence electrons. The zero-order valence-corrected chi connectivity index (χ0v) is 17.3. The fourth-order valence-electron chi connectivity index (χ4n) is 3.90. The summed E-state index contributed by atoms with van der Waals surface area (Å²) in [5, 5.41) is 8.61. The Bertz CT molecular complexity index is 998. The highest BCUT2D eigenvalue weighted by Crippen LogP contribution is 2.21. The van der Waals surface area contributed by atoms with Gasteiger partial charge in [0, 0.05) is 38.8 Å². The predicted molar refractivity (Wildman–Crippen MR) is 110 cm³/mol. The van der Waals surface area contributed by atoms with Crippen LogP contribution in [0.3, 0.4) is 0 Å². The van der Waals surface area contributed by atoms with Gasteiger partial charge in [-0.2, -0.15) is 5.10 Å². The quantitative estimate of drug-likeness (QED) is 0.667. The smallest absolute Gasteiger partial charge is 0.257 e. The molecule has 3 heterocycles. The summed E-state index contributed by atoms with van der Waals surface area (Å²) < 4.78 is 7.05. The minimum atomic E-state index is 0.0682. The molecule has 1 aliphatic heterocycles. The first-order chi connectivity index (χ1) is 14.1. The molecule has 0 bridgehead atoms. The van der Waals surface area contributed by atoms with Gasteiger partial charge in [0.25, 0.3) is 5.91 Å². The lowest BCUT2D eigenvalue weighted by Gasteiger charge is -2.34. The maximum atomic E-state index is 13.2. The number of carbonyl (C=O) groups is 1. The number of benzene rings is 1. The van der Waals surface area contributed by atoms with Crippen LogP contribution in [0.2, 0.25) is 0 Å². The Labute approximate surface area is 170 Å². The summed E-state index contributed by atoms with van der Waals surface area (Å²) in [5.74, 6) is 0.894. The predicted octanol–water partition coefficient (Wildman–Crippen LogP) is 3.00. The van der Waals surface area contributed by atoms with Gasteiger partial charge in [-0.25, -0.2) is 4.68 Å². The Morgan fingerprint density at radius 3 is 2.55 bits per heavy atom. The van der Waals surface area contributed by atoms with Crippen molar-refractivity contribution in [3.8, 4) is 5.69 Å². The molecule has 3 aromatic rings. The monoisotopic (exact) mass is 393 g/mol. The Morgan fingerprint density at radius 1 is 1.14 bits per heavy atom.